The Bertz CT molecular complexity index is 2560. The number of aryl methyl sites for hydroxylation is 1. The van der Waals surface area contributed by atoms with E-state index in [0.717, 1.165) is 65.1 Å². The molecule has 10 rings (SSSR count). The molecule has 0 saturated heterocycles. The number of nitrogens with zero attached hydrogens (tertiary/aromatic N) is 6. The van der Waals surface area contributed by atoms with Crippen molar-refractivity contribution in [1.82, 2.24) is 49.8 Å². The number of anilines is 8. The lowest BCUT2D eigenvalue weighted by molar-refractivity contribution is 0.578. The Hall–Kier alpha value is -5.67. The maximum atomic E-state index is 12.0. The van der Waals surface area contributed by atoms with E-state index < -0.39 is 20.0 Å². The van der Waals surface area contributed by atoms with Gasteiger partial charge in [0.05, 0.1) is 16.7 Å². The van der Waals surface area contributed by atoms with Crippen LogP contribution in [0.3, 0.4) is 0 Å². The summed E-state index contributed by atoms with van der Waals surface area (Å²) < 4.78 is 53.1. The summed E-state index contributed by atoms with van der Waals surface area (Å²) in [6.45, 7) is 2.51. The Morgan fingerprint density at radius 3 is 1.48 bits per heavy atom. The summed E-state index contributed by atoms with van der Waals surface area (Å²) in [5, 5.41) is 27.3. The van der Waals surface area contributed by atoms with Crippen molar-refractivity contribution >= 4 is 78.2 Å². The first kappa shape index (κ1) is 44.0. The second-order valence-corrected chi connectivity index (χ2v) is 20.6. The van der Waals surface area contributed by atoms with Crippen LogP contribution in [0.15, 0.2) is 73.1 Å². The summed E-state index contributed by atoms with van der Waals surface area (Å²) in [4.78, 5) is 17.6. The van der Waals surface area contributed by atoms with Crippen molar-refractivity contribution in [3.8, 4) is 0 Å². The van der Waals surface area contributed by atoms with Crippen molar-refractivity contribution in [3.63, 3.8) is 0 Å². The van der Waals surface area contributed by atoms with Crippen molar-refractivity contribution < 1.29 is 16.8 Å². The predicted molar refractivity (Wildman–Crippen MR) is 245 cm³/mol. The standard InChI is InChI=1S/C21H25N7O2S.C20H22ClN7O2S.CH4/c1-13-11-22-21(25-19-10-18(27-28-19)15-4-5-15)26-20(13)24-16-6-2-14(3-7-16)12-23-31(29,30)17-8-9-17;21-16-11-22-20(25-18-9-17(27-28-18)13-3-4-13)26-19(16)24-14-5-1-12(2-6-14)10-23-31(29,30)15-7-8-15;/h2-3,6-7,10-11,15,17,23H,4-5,8-9,12H2,1H3,(H3,22,24,25,26,27,28);1-2,5-6,9,11,13,15,23H,3-4,7-8,10H2,(H3,22,24,25,26,27,28);1H4. The third-order valence-corrected chi connectivity index (χ3v) is 14.8. The van der Waals surface area contributed by atoms with Gasteiger partial charge in [0.2, 0.25) is 31.9 Å². The number of sulfonamides is 2. The molecule has 21 heteroatoms. The van der Waals surface area contributed by atoms with Crippen molar-refractivity contribution in [3.05, 3.63) is 106 Å². The van der Waals surface area contributed by atoms with E-state index in [0.29, 0.717) is 58.6 Å². The van der Waals surface area contributed by atoms with Crippen LogP contribution in [-0.4, -0.2) is 67.7 Å². The highest BCUT2D eigenvalue weighted by atomic mass is 35.5. The fourth-order valence-electron chi connectivity index (χ4n) is 6.43. The number of halogens is 1. The minimum atomic E-state index is -3.19. The molecular weight excluding hydrogens is 864 g/mol. The fourth-order valence-corrected chi connectivity index (χ4v) is 9.29. The van der Waals surface area contributed by atoms with E-state index in [9.17, 15) is 16.8 Å². The van der Waals surface area contributed by atoms with E-state index >= 15 is 0 Å². The Morgan fingerprint density at radius 2 is 1.03 bits per heavy atom. The van der Waals surface area contributed by atoms with Crippen LogP contribution in [0, 0.1) is 6.92 Å². The minimum absolute atomic E-state index is 0. The quantitative estimate of drug-likeness (QED) is 0.0409. The van der Waals surface area contributed by atoms with Gasteiger partial charge in [0, 0.05) is 71.6 Å². The fraction of sp³-hybridized carbons (Fsp3) is 0.381. The molecule has 0 radical (unpaired) electrons. The smallest absolute Gasteiger partial charge is 0.230 e. The van der Waals surface area contributed by atoms with E-state index in [4.69, 9.17) is 11.6 Å². The van der Waals surface area contributed by atoms with E-state index in [1.807, 2.05) is 67.6 Å². The van der Waals surface area contributed by atoms with Gasteiger partial charge in [-0.15, -0.1) is 0 Å². The molecule has 8 N–H and O–H groups in total. The van der Waals surface area contributed by atoms with E-state index in [2.05, 4.69) is 71.0 Å². The second kappa shape index (κ2) is 18.6. The lowest BCUT2D eigenvalue weighted by atomic mass is 10.2. The molecule has 4 aliphatic carbocycles. The molecule has 0 bridgehead atoms. The molecule has 4 saturated carbocycles. The number of hydrogen-bond acceptors (Lipinski definition) is 14. The molecule has 63 heavy (non-hydrogen) atoms. The summed E-state index contributed by atoms with van der Waals surface area (Å²) in [5.41, 5.74) is 6.58. The van der Waals surface area contributed by atoms with Crippen LogP contribution in [0.5, 0.6) is 0 Å². The topological polar surface area (TPSA) is 249 Å². The van der Waals surface area contributed by atoms with Gasteiger partial charge in [0.1, 0.15) is 10.8 Å². The Balaban J connectivity index is 0.000000170. The van der Waals surface area contributed by atoms with Gasteiger partial charge >= 0.3 is 0 Å². The van der Waals surface area contributed by atoms with Crippen LogP contribution in [-0.2, 0) is 33.1 Å². The van der Waals surface area contributed by atoms with Gasteiger partial charge in [-0.1, -0.05) is 43.3 Å². The zero-order valence-electron chi connectivity index (χ0n) is 33.8. The first-order valence-electron chi connectivity index (χ1n) is 20.6. The molecule has 0 aliphatic heterocycles. The molecular formula is C42H51ClN14O4S2. The summed E-state index contributed by atoms with van der Waals surface area (Å²) >= 11 is 6.26. The number of aromatic amines is 2. The Labute approximate surface area is 371 Å². The average molecular weight is 916 g/mol. The van der Waals surface area contributed by atoms with Gasteiger partial charge < -0.3 is 21.3 Å². The van der Waals surface area contributed by atoms with Crippen molar-refractivity contribution in [2.45, 2.75) is 101 Å². The van der Waals surface area contributed by atoms with Crippen LogP contribution in [0.25, 0.3) is 0 Å². The number of nitrogens with one attached hydrogen (secondary N) is 8. The molecule has 4 heterocycles. The largest absolute Gasteiger partial charge is 0.340 e. The molecule has 4 fully saturated rings. The predicted octanol–water partition coefficient (Wildman–Crippen LogP) is 7.89. The third kappa shape index (κ3) is 11.9. The van der Waals surface area contributed by atoms with E-state index in [-0.39, 0.29) is 24.5 Å². The van der Waals surface area contributed by atoms with Gasteiger partial charge in [-0.3, -0.25) is 10.2 Å². The lowest BCUT2D eigenvalue weighted by Crippen LogP contribution is -2.26. The second-order valence-electron chi connectivity index (χ2n) is 16.1. The molecule has 2 aromatic carbocycles. The van der Waals surface area contributed by atoms with Gasteiger partial charge in [-0.25, -0.2) is 36.2 Å². The molecule has 0 unspecified atom stereocenters. The number of H-pyrrole nitrogens is 2. The van der Waals surface area contributed by atoms with Crippen LogP contribution >= 0.6 is 11.6 Å². The van der Waals surface area contributed by atoms with Crippen LogP contribution in [0.4, 0.5) is 46.5 Å². The average Bonchev–Trinajstić information content (AvgIpc) is 4.06. The molecule has 18 nitrogen and oxygen atoms in total. The summed E-state index contributed by atoms with van der Waals surface area (Å²) in [6, 6.07) is 19.0. The highest BCUT2D eigenvalue weighted by molar-refractivity contribution is 7.90. The first-order valence-corrected chi connectivity index (χ1v) is 24.1. The van der Waals surface area contributed by atoms with Crippen LogP contribution < -0.4 is 30.7 Å². The maximum absolute atomic E-state index is 12.0. The van der Waals surface area contributed by atoms with Crippen molar-refractivity contribution in [1.29, 1.82) is 0 Å². The lowest BCUT2D eigenvalue weighted by Gasteiger charge is -2.11. The summed E-state index contributed by atoms with van der Waals surface area (Å²) in [7, 11) is -6.37. The van der Waals surface area contributed by atoms with E-state index in [1.54, 1.807) is 6.20 Å². The van der Waals surface area contributed by atoms with Gasteiger partial charge in [-0.05, 0) is 93.7 Å². The normalized spacial score (nSPS) is 16.0. The van der Waals surface area contributed by atoms with E-state index in [1.165, 1.54) is 31.9 Å². The number of benzene rings is 2. The van der Waals surface area contributed by atoms with Gasteiger partial charge in [0.15, 0.2) is 17.5 Å². The SMILES string of the molecule is C.Cc1cnc(Nc2cc(C3CC3)[nH]n2)nc1Nc1ccc(CNS(=O)(=O)C2CC2)cc1.O=S(=O)(NCc1ccc(Nc2nc(Nc3cc(C4CC4)[nH]n3)ncc2Cl)cc1)C1CC1. The summed E-state index contributed by atoms with van der Waals surface area (Å²) in [5.74, 6) is 4.55. The first-order chi connectivity index (χ1) is 29.9. The molecule has 0 amide bonds. The highest BCUT2D eigenvalue weighted by Crippen LogP contribution is 2.40. The number of aromatic nitrogens is 8. The Kier molecular flexibility index (Phi) is 13.0. The molecule has 6 aromatic rings. The van der Waals surface area contributed by atoms with Crippen LogP contribution in [0.2, 0.25) is 5.02 Å². The Morgan fingerprint density at radius 1 is 0.603 bits per heavy atom. The summed E-state index contributed by atoms with van der Waals surface area (Å²) in [6.07, 6.45) is 11.1. The molecule has 0 atom stereocenters. The zero-order chi connectivity index (χ0) is 42.8. The van der Waals surface area contributed by atoms with Gasteiger partial charge in [-0.2, -0.15) is 20.2 Å². The number of rotatable bonds is 18. The molecule has 0 spiro atoms. The number of hydrogen-bond donors (Lipinski definition) is 8. The zero-order valence-corrected chi connectivity index (χ0v) is 36.2. The third-order valence-electron chi connectivity index (χ3n) is 10.7. The maximum Gasteiger partial charge on any atom is 0.230 e. The van der Waals surface area contributed by atoms with Gasteiger partial charge in [0.25, 0.3) is 0 Å². The van der Waals surface area contributed by atoms with Crippen LogP contribution in [0.1, 0.15) is 98.7 Å². The van der Waals surface area contributed by atoms with Crippen molar-refractivity contribution in [2.75, 3.05) is 21.3 Å². The molecule has 4 aliphatic rings. The highest BCUT2D eigenvalue weighted by Gasteiger charge is 2.36. The minimum Gasteiger partial charge on any atom is -0.340 e. The van der Waals surface area contributed by atoms with Crippen molar-refractivity contribution in [2.24, 2.45) is 0 Å². The molecule has 4 aromatic heterocycles. The molecule has 332 valence electrons. The monoisotopic (exact) mass is 914 g/mol.